The van der Waals surface area contributed by atoms with E-state index in [4.69, 9.17) is 0 Å². The van der Waals surface area contributed by atoms with E-state index in [1.165, 1.54) is 97.7 Å². The van der Waals surface area contributed by atoms with E-state index in [1.807, 2.05) is 0 Å². The van der Waals surface area contributed by atoms with Crippen molar-refractivity contribution >= 4 is 75.4 Å². The zero-order valence-electron chi connectivity index (χ0n) is 24.0. The Labute approximate surface area is 254 Å². The van der Waals surface area contributed by atoms with Crippen LogP contribution in [0.1, 0.15) is 0 Å². The summed E-state index contributed by atoms with van der Waals surface area (Å²) in [5.41, 5.74) is 5.08. The lowest BCUT2D eigenvalue weighted by Crippen LogP contribution is -1.92. The third-order valence-electron chi connectivity index (χ3n) is 9.78. The van der Waals surface area contributed by atoms with Gasteiger partial charge in [0.15, 0.2) is 0 Å². The normalized spacial score (nSPS) is 12.1. The van der Waals surface area contributed by atoms with Crippen LogP contribution in [0.2, 0.25) is 0 Å². The first-order valence-electron chi connectivity index (χ1n) is 15.4. The lowest BCUT2D eigenvalue weighted by Gasteiger charge is -2.19. The van der Waals surface area contributed by atoms with Gasteiger partial charge in [0.2, 0.25) is 0 Å². The van der Waals surface area contributed by atoms with Crippen LogP contribution in [0.3, 0.4) is 0 Å². The van der Waals surface area contributed by atoms with Crippen LogP contribution in [-0.2, 0) is 0 Å². The zero-order valence-corrected chi connectivity index (χ0v) is 24.0. The molecule has 0 aromatic heterocycles. The summed E-state index contributed by atoms with van der Waals surface area (Å²) in [6.45, 7) is 0. The first-order valence-corrected chi connectivity index (χ1v) is 15.4. The SMILES string of the molecule is c1ccc2c(-c3ccc4c5ccccc5c5ccccc5c4c3)c(-c3ccc4ccc5cccc6ccc3c4c56)ccc2c1. The topological polar surface area (TPSA) is 0 Å². The van der Waals surface area contributed by atoms with Crippen molar-refractivity contribution in [2.75, 3.05) is 0 Å². The highest BCUT2D eigenvalue weighted by atomic mass is 14.2. The summed E-state index contributed by atoms with van der Waals surface area (Å²) in [6.07, 6.45) is 0. The van der Waals surface area contributed by atoms with E-state index in [9.17, 15) is 0 Å². The summed E-state index contributed by atoms with van der Waals surface area (Å²) >= 11 is 0. The number of fused-ring (bicyclic) bond motifs is 7. The molecular weight excluding hydrogens is 528 g/mol. The van der Waals surface area contributed by atoms with Crippen LogP contribution in [0.25, 0.3) is 97.7 Å². The summed E-state index contributed by atoms with van der Waals surface area (Å²) in [5, 5.41) is 18.2. The van der Waals surface area contributed by atoms with Crippen LogP contribution in [0, 0.1) is 0 Å². The summed E-state index contributed by atoms with van der Waals surface area (Å²) in [4.78, 5) is 0. The smallest absolute Gasteiger partial charge is 0.00206 e. The third kappa shape index (κ3) is 3.23. The molecule has 0 N–H and O–H groups in total. The van der Waals surface area contributed by atoms with Gasteiger partial charge in [-0.3, -0.25) is 0 Å². The molecule has 0 aliphatic rings. The van der Waals surface area contributed by atoms with Gasteiger partial charge in [-0.05, 0) is 104 Å². The molecule has 0 saturated heterocycles. The molecule has 10 aromatic carbocycles. The van der Waals surface area contributed by atoms with Gasteiger partial charge < -0.3 is 0 Å². The molecule has 0 atom stereocenters. The highest BCUT2D eigenvalue weighted by Crippen LogP contribution is 2.45. The van der Waals surface area contributed by atoms with E-state index < -0.39 is 0 Å². The van der Waals surface area contributed by atoms with Crippen molar-refractivity contribution in [1.82, 2.24) is 0 Å². The maximum absolute atomic E-state index is 2.44. The second-order valence-electron chi connectivity index (χ2n) is 12.0. The van der Waals surface area contributed by atoms with E-state index in [0.717, 1.165) is 0 Å². The summed E-state index contributed by atoms with van der Waals surface area (Å²) in [6, 6.07) is 58.7. The summed E-state index contributed by atoms with van der Waals surface area (Å²) in [7, 11) is 0. The molecule has 10 aromatic rings. The van der Waals surface area contributed by atoms with Gasteiger partial charge in [0.25, 0.3) is 0 Å². The molecular formula is C44H26. The van der Waals surface area contributed by atoms with E-state index >= 15 is 0 Å². The van der Waals surface area contributed by atoms with Gasteiger partial charge >= 0.3 is 0 Å². The van der Waals surface area contributed by atoms with Crippen molar-refractivity contribution in [2.45, 2.75) is 0 Å². The Morgan fingerprint density at radius 1 is 0.250 bits per heavy atom. The van der Waals surface area contributed by atoms with Crippen LogP contribution in [-0.4, -0.2) is 0 Å². The summed E-state index contributed by atoms with van der Waals surface area (Å²) < 4.78 is 0. The van der Waals surface area contributed by atoms with Gasteiger partial charge in [-0.25, -0.2) is 0 Å². The van der Waals surface area contributed by atoms with Crippen molar-refractivity contribution in [3.63, 3.8) is 0 Å². The molecule has 0 radical (unpaired) electrons. The number of hydrogen-bond donors (Lipinski definition) is 0. The minimum Gasteiger partial charge on any atom is -0.0616 e. The van der Waals surface area contributed by atoms with Crippen LogP contribution >= 0.6 is 0 Å². The monoisotopic (exact) mass is 554 g/mol. The molecule has 0 bridgehead atoms. The molecule has 44 heavy (non-hydrogen) atoms. The maximum Gasteiger partial charge on any atom is -0.00206 e. The van der Waals surface area contributed by atoms with Crippen molar-refractivity contribution in [2.24, 2.45) is 0 Å². The average Bonchev–Trinajstić information content (AvgIpc) is 3.10. The second kappa shape index (κ2) is 8.89. The Morgan fingerprint density at radius 2 is 0.727 bits per heavy atom. The molecule has 0 nitrogen and oxygen atoms in total. The maximum atomic E-state index is 2.44. The van der Waals surface area contributed by atoms with Gasteiger partial charge in [-0.1, -0.05) is 152 Å². The van der Waals surface area contributed by atoms with Crippen LogP contribution in [0.4, 0.5) is 0 Å². The molecule has 10 rings (SSSR count). The van der Waals surface area contributed by atoms with Crippen molar-refractivity contribution in [3.05, 3.63) is 158 Å². The molecule has 0 aliphatic carbocycles. The number of benzene rings is 10. The first-order chi connectivity index (χ1) is 21.8. The molecule has 202 valence electrons. The molecule has 0 heterocycles. The fraction of sp³-hybridized carbons (Fsp3) is 0. The molecule has 0 saturated carbocycles. The average molecular weight is 555 g/mol. The highest BCUT2D eigenvalue weighted by Gasteiger charge is 2.18. The minimum absolute atomic E-state index is 1.25. The standard InChI is InChI=1S/C44H26/c1-2-11-32-27(8-1)18-24-39(38-22-19-30-17-16-28-9-7-10-29-20-25-40(38)44(30)42(28)29)43(32)31-21-23-37-35-14-4-3-12-33(35)34-13-5-6-15-36(34)41(37)26-31/h1-26H. The number of rotatable bonds is 2. The lowest BCUT2D eigenvalue weighted by atomic mass is 9.84. The predicted molar refractivity (Wildman–Crippen MR) is 191 cm³/mol. The Kier molecular flexibility index (Phi) is 4.81. The minimum atomic E-state index is 1.25. The second-order valence-corrected chi connectivity index (χ2v) is 12.0. The Bertz CT molecular complexity index is 2710. The molecule has 0 fully saturated rings. The molecule has 0 heteroatoms. The molecule has 0 spiro atoms. The highest BCUT2D eigenvalue weighted by molar-refractivity contribution is 6.28. The zero-order chi connectivity index (χ0) is 28.8. The molecule has 0 aliphatic heterocycles. The lowest BCUT2D eigenvalue weighted by molar-refractivity contribution is 1.66. The third-order valence-corrected chi connectivity index (χ3v) is 9.78. The van der Waals surface area contributed by atoms with Crippen LogP contribution < -0.4 is 0 Å². The van der Waals surface area contributed by atoms with E-state index in [0.29, 0.717) is 0 Å². The van der Waals surface area contributed by atoms with Crippen molar-refractivity contribution < 1.29 is 0 Å². The van der Waals surface area contributed by atoms with Gasteiger partial charge in [0.1, 0.15) is 0 Å². The summed E-state index contributed by atoms with van der Waals surface area (Å²) in [5.74, 6) is 0. The molecule has 0 unspecified atom stereocenters. The van der Waals surface area contributed by atoms with E-state index in [1.54, 1.807) is 0 Å². The van der Waals surface area contributed by atoms with E-state index in [-0.39, 0.29) is 0 Å². The van der Waals surface area contributed by atoms with Crippen LogP contribution in [0.5, 0.6) is 0 Å². The van der Waals surface area contributed by atoms with Gasteiger partial charge in [0.05, 0.1) is 0 Å². The fourth-order valence-corrected chi connectivity index (χ4v) is 7.84. The van der Waals surface area contributed by atoms with Crippen molar-refractivity contribution in [1.29, 1.82) is 0 Å². The fourth-order valence-electron chi connectivity index (χ4n) is 7.84. The van der Waals surface area contributed by atoms with Gasteiger partial charge in [-0.2, -0.15) is 0 Å². The van der Waals surface area contributed by atoms with E-state index in [2.05, 4.69) is 158 Å². The van der Waals surface area contributed by atoms with Gasteiger partial charge in [-0.15, -0.1) is 0 Å². The molecule has 0 amide bonds. The van der Waals surface area contributed by atoms with Crippen molar-refractivity contribution in [3.8, 4) is 22.3 Å². The Hall–Kier alpha value is -5.72. The quantitative estimate of drug-likeness (QED) is 0.186. The predicted octanol–water partition coefficient (Wildman–Crippen LogP) is 12.5. The first kappa shape index (κ1) is 23.8. The van der Waals surface area contributed by atoms with Crippen LogP contribution in [0.15, 0.2) is 158 Å². The largest absolute Gasteiger partial charge is 0.0616 e. The van der Waals surface area contributed by atoms with Gasteiger partial charge in [0, 0.05) is 0 Å². The number of hydrogen-bond acceptors (Lipinski definition) is 0. The Balaban J connectivity index is 1.33. The Morgan fingerprint density at radius 3 is 1.45 bits per heavy atom.